The number of piperidine rings is 1. The minimum absolute atomic E-state index is 0.155. The van der Waals surface area contributed by atoms with Crippen LogP contribution in [0, 0.1) is 0 Å². The number of nitrogens with zero attached hydrogens (tertiary/aromatic N) is 3. The molecule has 2 aromatic carbocycles. The molecule has 0 unspecified atom stereocenters. The Bertz CT molecular complexity index is 904. The van der Waals surface area contributed by atoms with E-state index < -0.39 is 0 Å². The summed E-state index contributed by atoms with van der Waals surface area (Å²) in [6, 6.07) is 20.7. The second-order valence-corrected chi connectivity index (χ2v) is 8.44. The Balaban J connectivity index is 1.65. The molecule has 3 aromatic rings. The van der Waals surface area contributed by atoms with Crippen molar-refractivity contribution in [3.05, 3.63) is 82.8 Å². The van der Waals surface area contributed by atoms with E-state index in [4.69, 9.17) is 4.98 Å². The molecule has 4 rings (SSSR count). The van der Waals surface area contributed by atoms with Crippen molar-refractivity contribution in [1.29, 1.82) is 0 Å². The number of carbonyl (C=O) groups is 1. The minimum atomic E-state index is -0.379. The van der Waals surface area contributed by atoms with Crippen molar-refractivity contribution >= 4 is 22.9 Å². The van der Waals surface area contributed by atoms with Crippen LogP contribution in [-0.2, 0) is 16.9 Å². The van der Waals surface area contributed by atoms with Crippen LogP contribution in [0.15, 0.2) is 72.2 Å². The van der Waals surface area contributed by atoms with Crippen molar-refractivity contribution in [3.63, 3.8) is 0 Å². The third-order valence-corrected chi connectivity index (χ3v) is 6.72. The second-order valence-electron chi connectivity index (χ2n) is 7.55. The lowest BCUT2D eigenvalue weighted by atomic mass is 9.84. The summed E-state index contributed by atoms with van der Waals surface area (Å²) >= 11 is 1.66. The summed E-state index contributed by atoms with van der Waals surface area (Å²) in [7, 11) is 0. The topological polar surface area (TPSA) is 36.4 Å². The van der Waals surface area contributed by atoms with Crippen LogP contribution in [0.3, 0.4) is 0 Å². The highest BCUT2D eigenvalue weighted by atomic mass is 32.1. The fourth-order valence-corrected chi connectivity index (χ4v) is 5.16. The molecule has 0 spiro atoms. The number of hydrogen-bond donors (Lipinski definition) is 0. The van der Waals surface area contributed by atoms with E-state index in [0.717, 1.165) is 43.2 Å². The third-order valence-electron chi connectivity index (χ3n) is 5.76. The Labute approximate surface area is 176 Å². The van der Waals surface area contributed by atoms with E-state index in [2.05, 4.69) is 35.2 Å². The smallest absolute Gasteiger partial charge is 0.227 e. The number of aromatic nitrogens is 1. The number of anilines is 1. The van der Waals surface area contributed by atoms with Gasteiger partial charge in [-0.2, -0.15) is 0 Å². The van der Waals surface area contributed by atoms with Gasteiger partial charge in [0.25, 0.3) is 0 Å². The van der Waals surface area contributed by atoms with E-state index in [0.29, 0.717) is 6.42 Å². The van der Waals surface area contributed by atoms with Crippen LogP contribution in [0.2, 0.25) is 0 Å². The highest BCUT2D eigenvalue weighted by Crippen LogP contribution is 2.43. The summed E-state index contributed by atoms with van der Waals surface area (Å²) in [5.74, 6) is 0.155. The van der Waals surface area contributed by atoms with Crippen LogP contribution in [0.5, 0.6) is 0 Å². The maximum atomic E-state index is 13.2. The van der Waals surface area contributed by atoms with Crippen molar-refractivity contribution < 1.29 is 4.79 Å². The molecule has 1 aliphatic rings. The van der Waals surface area contributed by atoms with Crippen LogP contribution < -0.4 is 4.90 Å². The maximum Gasteiger partial charge on any atom is 0.227 e. The normalized spacial score (nSPS) is 16.4. The molecule has 0 N–H and O–H groups in total. The molecule has 1 aromatic heterocycles. The number of para-hydroxylation sites is 1. The Hall–Kier alpha value is -2.50. The summed E-state index contributed by atoms with van der Waals surface area (Å²) in [6.45, 7) is 4.77. The van der Waals surface area contributed by atoms with Crippen molar-refractivity contribution in [2.45, 2.75) is 38.3 Å². The minimum Gasteiger partial charge on any atom is -0.300 e. The first kappa shape index (κ1) is 19.8. The molecule has 0 saturated carbocycles. The monoisotopic (exact) mass is 405 g/mol. The van der Waals surface area contributed by atoms with Gasteiger partial charge < -0.3 is 0 Å². The molecule has 150 valence electrons. The van der Waals surface area contributed by atoms with Crippen LogP contribution in [-0.4, -0.2) is 28.9 Å². The van der Waals surface area contributed by atoms with Gasteiger partial charge in [0.05, 0.1) is 0 Å². The summed E-state index contributed by atoms with van der Waals surface area (Å²) in [5, 5.41) is 3.06. The van der Waals surface area contributed by atoms with E-state index in [1.807, 2.05) is 53.7 Å². The first-order valence-electron chi connectivity index (χ1n) is 10.3. The Kier molecular flexibility index (Phi) is 6.07. The lowest BCUT2D eigenvalue weighted by molar-refractivity contribution is -0.120. The van der Waals surface area contributed by atoms with E-state index in [9.17, 15) is 4.79 Å². The summed E-state index contributed by atoms with van der Waals surface area (Å²) in [4.78, 5) is 22.4. The van der Waals surface area contributed by atoms with E-state index in [-0.39, 0.29) is 11.4 Å². The quantitative estimate of drug-likeness (QED) is 0.574. The molecular weight excluding hydrogens is 378 g/mol. The first-order valence-corrected chi connectivity index (χ1v) is 11.2. The zero-order valence-electron chi connectivity index (χ0n) is 16.8. The zero-order chi connectivity index (χ0) is 20.1. The first-order chi connectivity index (χ1) is 14.2. The van der Waals surface area contributed by atoms with Gasteiger partial charge in [-0.1, -0.05) is 55.5 Å². The molecule has 0 aliphatic carbocycles. The SMILES string of the molecule is CCC(=O)N(c1ccccc1)C1(c2nccs2)CCN(Cc2ccccc2)CC1. The molecule has 1 saturated heterocycles. The van der Waals surface area contributed by atoms with Crippen molar-refractivity contribution in [3.8, 4) is 0 Å². The molecular formula is C24H27N3OS. The van der Waals surface area contributed by atoms with E-state index in [1.54, 1.807) is 11.3 Å². The van der Waals surface area contributed by atoms with Gasteiger partial charge in [0.2, 0.25) is 5.91 Å². The number of rotatable bonds is 6. The standard InChI is InChI=1S/C24H27N3OS/c1-2-22(28)27(21-11-7-4-8-12-21)24(23-25-15-18-29-23)13-16-26(17-14-24)19-20-9-5-3-6-10-20/h3-12,15,18H,2,13-14,16-17,19H2,1H3. The average Bonchev–Trinajstić information content (AvgIpc) is 3.32. The number of likely N-dealkylation sites (tertiary alicyclic amines) is 1. The predicted octanol–water partition coefficient (Wildman–Crippen LogP) is 5.08. The average molecular weight is 406 g/mol. The molecule has 29 heavy (non-hydrogen) atoms. The molecule has 1 aliphatic heterocycles. The van der Waals surface area contributed by atoms with Crippen molar-refractivity contribution in [2.75, 3.05) is 18.0 Å². The number of hydrogen-bond acceptors (Lipinski definition) is 4. The summed E-state index contributed by atoms with van der Waals surface area (Å²) in [6.07, 6.45) is 4.11. The van der Waals surface area contributed by atoms with Gasteiger partial charge in [-0.15, -0.1) is 11.3 Å². The molecule has 1 amide bonds. The van der Waals surface area contributed by atoms with Gasteiger partial charge in [-0.25, -0.2) is 4.98 Å². The van der Waals surface area contributed by atoms with E-state index >= 15 is 0 Å². The zero-order valence-corrected chi connectivity index (χ0v) is 17.6. The molecule has 0 radical (unpaired) electrons. The van der Waals surface area contributed by atoms with Gasteiger partial charge in [0.1, 0.15) is 10.5 Å². The number of amides is 1. The van der Waals surface area contributed by atoms with Gasteiger partial charge >= 0.3 is 0 Å². The van der Waals surface area contributed by atoms with Crippen molar-refractivity contribution in [2.24, 2.45) is 0 Å². The number of benzene rings is 2. The molecule has 0 atom stereocenters. The molecule has 1 fully saturated rings. The molecule has 0 bridgehead atoms. The molecule has 5 heteroatoms. The van der Waals surface area contributed by atoms with Gasteiger partial charge in [0, 0.05) is 43.3 Å². The highest BCUT2D eigenvalue weighted by molar-refractivity contribution is 7.09. The Morgan fingerprint density at radius 1 is 1.07 bits per heavy atom. The maximum absolute atomic E-state index is 13.2. The van der Waals surface area contributed by atoms with Crippen molar-refractivity contribution in [1.82, 2.24) is 9.88 Å². The lowest BCUT2D eigenvalue weighted by Crippen LogP contribution is -2.55. The largest absolute Gasteiger partial charge is 0.300 e. The van der Waals surface area contributed by atoms with Crippen LogP contribution in [0.1, 0.15) is 36.8 Å². The lowest BCUT2D eigenvalue weighted by Gasteiger charge is -2.47. The fourth-order valence-electron chi connectivity index (χ4n) is 4.27. The predicted molar refractivity (Wildman–Crippen MR) is 119 cm³/mol. The Morgan fingerprint density at radius 3 is 2.31 bits per heavy atom. The fraction of sp³-hybridized carbons (Fsp3) is 0.333. The molecule has 4 nitrogen and oxygen atoms in total. The summed E-state index contributed by atoms with van der Waals surface area (Å²) in [5.41, 5.74) is 1.92. The van der Waals surface area contributed by atoms with E-state index in [1.165, 1.54) is 5.56 Å². The highest BCUT2D eigenvalue weighted by Gasteiger charge is 2.46. The van der Waals surface area contributed by atoms with Crippen LogP contribution in [0.25, 0.3) is 0 Å². The second kappa shape index (κ2) is 8.89. The number of thiazole rings is 1. The van der Waals surface area contributed by atoms with Gasteiger partial charge in [-0.05, 0) is 30.5 Å². The van der Waals surface area contributed by atoms with Gasteiger partial charge in [-0.3, -0.25) is 14.6 Å². The Morgan fingerprint density at radius 2 is 1.72 bits per heavy atom. The van der Waals surface area contributed by atoms with Crippen LogP contribution >= 0.6 is 11.3 Å². The number of carbonyl (C=O) groups excluding carboxylic acids is 1. The third kappa shape index (κ3) is 4.11. The van der Waals surface area contributed by atoms with Gasteiger partial charge in [0.15, 0.2) is 0 Å². The summed E-state index contributed by atoms with van der Waals surface area (Å²) < 4.78 is 0. The molecule has 2 heterocycles. The van der Waals surface area contributed by atoms with Crippen LogP contribution in [0.4, 0.5) is 5.69 Å².